The second-order valence-corrected chi connectivity index (χ2v) is 8.17. The molecule has 2 amide bonds. The number of hydrazone groups is 1. The minimum Gasteiger partial charge on any atom is -0.417 e. The normalized spacial score (nSPS) is 20.4. The van der Waals surface area contributed by atoms with Crippen molar-refractivity contribution in [1.29, 1.82) is 0 Å². The predicted molar refractivity (Wildman–Crippen MR) is 106 cm³/mol. The van der Waals surface area contributed by atoms with Crippen LogP contribution in [-0.2, 0) is 19.1 Å². The van der Waals surface area contributed by atoms with Crippen LogP contribution in [0.4, 0.5) is 5.69 Å². The summed E-state index contributed by atoms with van der Waals surface area (Å²) in [5.41, 5.74) is 2.69. The van der Waals surface area contributed by atoms with Gasteiger partial charge in [-0.1, -0.05) is 26.3 Å². The van der Waals surface area contributed by atoms with Crippen molar-refractivity contribution in [3.63, 3.8) is 0 Å². The number of ether oxygens (including phenoxy) is 2. The van der Waals surface area contributed by atoms with E-state index in [4.69, 9.17) is 9.47 Å². The van der Waals surface area contributed by atoms with E-state index in [0.29, 0.717) is 19.4 Å². The van der Waals surface area contributed by atoms with Crippen LogP contribution in [-0.4, -0.2) is 46.7 Å². The van der Waals surface area contributed by atoms with Crippen molar-refractivity contribution in [2.75, 3.05) is 12.0 Å². The number of benzene rings is 1. The summed E-state index contributed by atoms with van der Waals surface area (Å²) in [6, 6.07) is 4.71. The standard InChI is InChI=1S/C21H23N3O6/c1-12(2)11-24-17(25)13-7-6-8-14(15(13)18(24)26)22-23-16-19(27)29-21(30-20(16)28)9-4-3-5-10-21/h6-8,12,22H,3-5,9-11H2,1-2H3. The molecule has 9 nitrogen and oxygen atoms in total. The molecule has 0 bridgehead atoms. The maximum Gasteiger partial charge on any atom is 0.369 e. The van der Waals surface area contributed by atoms with Gasteiger partial charge in [0.1, 0.15) is 0 Å². The van der Waals surface area contributed by atoms with Gasteiger partial charge in [0, 0.05) is 19.4 Å². The molecule has 0 aromatic heterocycles. The molecule has 1 saturated carbocycles. The number of hydrogen-bond acceptors (Lipinski definition) is 8. The molecule has 3 aliphatic rings. The zero-order valence-corrected chi connectivity index (χ0v) is 16.9. The molecular weight excluding hydrogens is 390 g/mol. The SMILES string of the molecule is CC(C)CN1C(=O)c2cccc(NN=C3C(=O)OC4(CCCCC4)OC3=O)c2C1=O. The first kappa shape index (κ1) is 20.1. The smallest absolute Gasteiger partial charge is 0.369 e. The zero-order valence-electron chi connectivity index (χ0n) is 16.9. The second-order valence-electron chi connectivity index (χ2n) is 8.17. The van der Waals surface area contributed by atoms with Gasteiger partial charge in [-0.2, -0.15) is 5.10 Å². The summed E-state index contributed by atoms with van der Waals surface area (Å²) in [4.78, 5) is 51.3. The van der Waals surface area contributed by atoms with Gasteiger partial charge in [-0.05, 0) is 30.9 Å². The molecule has 158 valence electrons. The second kappa shape index (κ2) is 7.55. The average molecular weight is 413 g/mol. The van der Waals surface area contributed by atoms with Crippen LogP contribution in [0.3, 0.4) is 0 Å². The highest BCUT2D eigenvalue weighted by Gasteiger charge is 2.48. The summed E-state index contributed by atoms with van der Waals surface area (Å²) in [5.74, 6) is -3.63. The van der Waals surface area contributed by atoms with Crippen molar-refractivity contribution in [2.45, 2.75) is 51.7 Å². The van der Waals surface area contributed by atoms with Gasteiger partial charge < -0.3 is 9.47 Å². The zero-order chi connectivity index (χ0) is 21.5. The van der Waals surface area contributed by atoms with Crippen molar-refractivity contribution >= 4 is 35.2 Å². The fourth-order valence-electron chi connectivity index (χ4n) is 4.00. The van der Waals surface area contributed by atoms with Gasteiger partial charge in [-0.15, -0.1) is 0 Å². The van der Waals surface area contributed by atoms with E-state index in [-0.39, 0.29) is 28.6 Å². The van der Waals surface area contributed by atoms with Gasteiger partial charge in [0.15, 0.2) is 0 Å². The van der Waals surface area contributed by atoms with Crippen LogP contribution in [0.2, 0.25) is 0 Å². The number of anilines is 1. The Morgan fingerprint density at radius 3 is 2.33 bits per heavy atom. The minimum atomic E-state index is -1.20. The van der Waals surface area contributed by atoms with E-state index in [1.165, 1.54) is 4.90 Å². The number of carbonyl (C=O) groups is 4. The fraction of sp³-hybridized carbons (Fsp3) is 0.476. The Morgan fingerprint density at radius 1 is 1.03 bits per heavy atom. The molecule has 30 heavy (non-hydrogen) atoms. The van der Waals surface area contributed by atoms with Gasteiger partial charge in [0.25, 0.3) is 23.3 Å². The maximum atomic E-state index is 12.8. The number of rotatable bonds is 4. The maximum absolute atomic E-state index is 12.8. The molecule has 2 fully saturated rings. The molecule has 9 heteroatoms. The third-order valence-electron chi connectivity index (χ3n) is 5.39. The molecule has 2 heterocycles. The third kappa shape index (κ3) is 3.44. The molecule has 1 saturated heterocycles. The van der Waals surface area contributed by atoms with Gasteiger partial charge >= 0.3 is 11.9 Å². The van der Waals surface area contributed by atoms with Gasteiger partial charge in [0.05, 0.1) is 16.8 Å². The number of nitrogens with one attached hydrogen (secondary N) is 1. The largest absolute Gasteiger partial charge is 0.417 e. The molecular formula is C21H23N3O6. The van der Waals surface area contributed by atoms with Crippen LogP contribution in [0.25, 0.3) is 0 Å². The molecule has 1 aromatic carbocycles. The summed E-state index contributed by atoms with van der Waals surface area (Å²) in [5, 5.41) is 3.85. The number of amides is 2. The molecule has 2 aliphatic heterocycles. The fourth-order valence-corrected chi connectivity index (χ4v) is 4.00. The number of esters is 2. The van der Waals surface area contributed by atoms with Crippen molar-refractivity contribution in [3.05, 3.63) is 29.3 Å². The van der Waals surface area contributed by atoms with Crippen molar-refractivity contribution in [1.82, 2.24) is 4.90 Å². The number of nitrogens with zero attached hydrogens (tertiary/aromatic N) is 2. The Morgan fingerprint density at radius 2 is 1.70 bits per heavy atom. The number of hydrogen-bond donors (Lipinski definition) is 1. The Kier molecular flexibility index (Phi) is 5.05. The Bertz CT molecular complexity index is 939. The lowest BCUT2D eigenvalue weighted by Crippen LogP contribution is -2.51. The lowest BCUT2D eigenvalue weighted by molar-refractivity contribution is -0.237. The molecule has 0 atom stereocenters. The Labute approximate surface area is 173 Å². The van der Waals surface area contributed by atoms with Crippen LogP contribution in [0.15, 0.2) is 23.3 Å². The summed E-state index contributed by atoms with van der Waals surface area (Å²) in [6.07, 6.45) is 3.56. The minimum absolute atomic E-state index is 0.114. The van der Waals surface area contributed by atoms with E-state index in [1.807, 2.05) is 13.8 Å². The lowest BCUT2D eigenvalue weighted by Gasteiger charge is -2.38. The molecule has 0 radical (unpaired) electrons. The molecule has 1 aliphatic carbocycles. The van der Waals surface area contributed by atoms with Crippen LogP contribution < -0.4 is 5.43 Å². The van der Waals surface area contributed by atoms with E-state index >= 15 is 0 Å². The molecule has 1 aromatic rings. The summed E-state index contributed by atoms with van der Waals surface area (Å²) in [7, 11) is 0. The Hall–Kier alpha value is -3.23. The highest BCUT2D eigenvalue weighted by atomic mass is 16.7. The van der Waals surface area contributed by atoms with E-state index < -0.39 is 29.3 Å². The highest BCUT2D eigenvalue weighted by Crippen LogP contribution is 2.35. The molecule has 1 N–H and O–H groups in total. The first-order valence-corrected chi connectivity index (χ1v) is 10.1. The van der Waals surface area contributed by atoms with Crippen LogP contribution in [0.1, 0.15) is 66.7 Å². The van der Waals surface area contributed by atoms with Crippen molar-refractivity contribution in [2.24, 2.45) is 11.0 Å². The molecule has 4 rings (SSSR count). The van der Waals surface area contributed by atoms with Crippen molar-refractivity contribution in [3.8, 4) is 0 Å². The highest BCUT2D eigenvalue weighted by molar-refractivity contribution is 6.63. The monoisotopic (exact) mass is 413 g/mol. The third-order valence-corrected chi connectivity index (χ3v) is 5.39. The molecule has 0 unspecified atom stereocenters. The summed E-state index contributed by atoms with van der Waals surface area (Å²) < 4.78 is 10.8. The lowest BCUT2D eigenvalue weighted by atomic mass is 9.93. The van der Waals surface area contributed by atoms with Crippen molar-refractivity contribution < 1.29 is 28.7 Å². The van der Waals surface area contributed by atoms with Crippen LogP contribution >= 0.6 is 0 Å². The number of fused-ring (bicyclic) bond motifs is 1. The van der Waals surface area contributed by atoms with E-state index in [2.05, 4.69) is 10.5 Å². The number of imide groups is 1. The average Bonchev–Trinajstić information content (AvgIpc) is 2.93. The van der Waals surface area contributed by atoms with Crippen LogP contribution in [0.5, 0.6) is 0 Å². The van der Waals surface area contributed by atoms with Gasteiger partial charge in [-0.25, -0.2) is 9.59 Å². The number of carbonyl (C=O) groups excluding carboxylic acids is 4. The quantitative estimate of drug-likeness (QED) is 0.458. The van der Waals surface area contributed by atoms with E-state index in [1.54, 1.807) is 18.2 Å². The van der Waals surface area contributed by atoms with Gasteiger partial charge in [-0.3, -0.25) is 19.9 Å². The Balaban J connectivity index is 1.56. The van der Waals surface area contributed by atoms with Crippen LogP contribution in [0, 0.1) is 5.92 Å². The summed E-state index contributed by atoms with van der Waals surface area (Å²) >= 11 is 0. The first-order chi connectivity index (χ1) is 14.3. The topological polar surface area (TPSA) is 114 Å². The predicted octanol–water partition coefficient (Wildman–Crippen LogP) is 2.47. The van der Waals surface area contributed by atoms with Gasteiger partial charge in [0.2, 0.25) is 0 Å². The van der Waals surface area contributed by atoms with E-state index in [9.17, 15) is 19.2 Å². The first-order valence-electron chi connectivity index (χ1n) is 10.1. The molecule has 1 spiro atoms. The summed E-state index contributed by atoms with van der Waals surface area (Å²) in [6.45, 7) is 4.11. The van der Waals surface area contributed by atoms with E-state index in [0.717, 1.165) is 19.3 Å².